The predicted molar refractivity (Wildman–Crippen MR) is 172 cm³/mol. The highest BCUT2D eigenvalue weighted by atomic mass is 35.5. The van der Waals surface area contributed by atoms with Crippen LogP contribution in [0.3, 0.4) is 0 Å². The zero-order valence-corrected chi connectivity index (χ0v) is 25.7. The molecule has 11 nitrogen and oxygen atoms in total. The lowest BCUT2D eigenvalue weighted by Crippen LogP contribution is -2.50. The molecular weight excluding hydrogens is 604 g/mol. The van der Waals surface area contributed by atoms with Crippen LogP contribution in [0.2, 0.25) is 5.02 Å². The summed E-state index contributed by atoms with van der Waals surface area (Å²) in [5, 5.41) is 9.04. The zero-order valence-electron chi connectivity index (χ0n) is 24.9. The van der Waals surface area contributed by atoms with Gasteiger partial charge in [0.1, 0.15) is 5.82 Å². The lowest BCUT2D eigenvalue weighted by Gasteiger charge is -2.33. The van der Waals surface area contributed by atoms with E-state index < -0.39 is 11.6 Å². The van der Waals surface area contributed by atoms with Crippen LogP contribution in [0.1, 0.15) is 50.3 Å². The molecule has 5 N–H and O–H groups in total. The highest BCUT2D eigenvalue weighted by Crippen LogP contribution is 2.40. The van der Waals surface area contributed by atoms with Crippen molar-refractivity contribution < 1.29 is 18.4 Å². The van der Waals surface area contributed by atoms with Crippen LogP contribution in [0.25, 0.3) is 0 Å². The number of aliphatic imine (C=N–C) groups is 2. The number of para-hydroxylation sites is 1. The summed E-state index contributed by atoms with van der Waals surface area (Å²) < 4.78 is 30.4. The molecule has 1 aliphatic heterocycles. The van der Waals surface area contributed by atoms with Crippen LogP contribution >= 0.6 is 11.6 Å². The second-order valence-electron chi connectivity index (χ2n) is 11.3. The molecular formula is C31H36ClF2N9O2. The first-order valence-corrected chi connectivity index (χ1v) is 15.2. The molecule has 1 saturated carbocycles. The van der Waals surface area contributed by atoms with Crippen molar-refractivity contribution in [2.24, 2.45) is 21.6 Å². The number of benzene rings is 2. The third kappa shape index (κ3) is 7.59. The van der Waals surface area contributed by atoms with Gasteiger partial charge in [0.2, 0.25) is 17.8 Å². The molecule has 238 valence electrons. The number of nitrogens with two attached hydrogens (primary N) is 1. The summed E-state index contributed by atoms with van der Waals surface area (Å²) in [6.45, 7) is 6.51. The molecule has 14 heteroatoms. The molecule has 2 aliphatic rings. The molecule has 2 aromatic carbocycles. The average Bonchev–Trinajstić information content (AvgIpc) is 3.33. The molecule has 0 bridgehead atoms. The Balaban J connectivity index is 1.41. The van der Waals surface area contributed by atoms with Crippen molar-refractivity contribution in [3.05, 3.63) is 64.8 Å². The van der Waals surface area contributed by atoms with E-state index >= 15 is 0 Å². The van der Waals surface area contributed by atoms with E-state index in [1.807, 2.05) is 34.9 Å². The van der Waals surface area contributed by atoms with E-state index in [1.54, 1.807) is 11.8 Å². The molecule has 3 aromatic rings. The molecule has 1 aromatic heterocycles. The number of carbonyl (C=O) groups excluding carboxylic acids is 2. The Kier molecular flexibility index (Phi) is 9.96. The molecule has 1 atom stereocenters. The van der Waals surface area contributed by atoms with E-state index in [0.29, 0.717) is 56.0 Å². The number of imidazole rings is 1. The minimum absolute atomic E-state index is 0.123. The van der Waals surface area contributed by atoms with Crippen LogP contribution in [0.4, 0.5) is 36.7 Å². The Bertz CT molecular complexity index is 1570. The van der Waals surface area contributed by atoms with Gasteiger partial charge in [-0.25, -0.2) is 23.6 Å². The van der Waals surface area contributed by atoms with Gasteiger partial charge in [-0.05, 0) is 70.4 Å². The number of carbonyl (C=O) groups is 2. The maximum atomic E-state index is 14.8. The molecule has 0 unspecified atom stereocenters. The van der Waals surface area contributed by atoms with Crippen LogP contribution in [0, 0.1) is 24.5 Å². The largest absolute Gasteiger partial charge is 0.369 e. The number of likely N-dealkylation sites (tertiary alicyclic amines) is 1. The molecule has 1 saturated heterocycles. The van der Waals surface area contributed by atoms with E-state index in [9.17, 15) is 18.4 Å². The van der Waals surface area contributed by atoms with Crippen molar-refractivity contribution >= 4 is 59.4 Å². The fourth-order valence-corrected chi connectivity index (χ4v) is 6.14. The fourth-order valence-electron chi connectivity index (χ4n) is 5.90. The van der Waals surface area contributed by atoms with E-state index in [1.165, 1.54) is 0 Å². The number of piperidine rings is 1. The number of anilines is 3. The summed E-state index contributed by atoms with van der Waals surface area (Å²) in [5.41, 5.74) is 6.68. The molecule has 5 rings (SSSR count). The second kappa shape index (κ2) is 14.1. The van der Waals surface area contributed by atoms with Gasteiger partial charge in [-0.15, -0.1) is 0 Å². The van der Waals surface area contributed by atoms with E-state index in [2.05, 4.69) is 32.6 Å². The van der Waals surface area contributed by atoms with Crippen molar-refractivity contribution in [1.29, 1.82) is 0 Å². The van der Waals surface area contributed by atoms with Gasteiger partial charge in [-0.2, -0.15) is 4.99 Å². The number of hydrogen-bond acceptors (Lipinski definition) is 5. The molecule has 1 aliphatic carbocycles. The van der Waals surface area contributed by atoms with Gasteiger partial charge in [-0.3, -0.25) is 9.36 Å². The van der Waals surface area contributed by atoms with E-state index in [-0.39, 0.29) is 52.6 Å². The highest BCUT2D eigenvalue weighted by Gasteiger charge is 2.31. The number of halogens is 3. The fraction of sp³-hybridized carbons (Fsp3) is 0.387. The minimum Gasteiger partial charge on any atom is -0.369 e. The number of amides is 3. The maximum Gasteiger partial charge on any atom is 0.321 e. The molecule has 0 spiro atoms. The van der Waals surface area contributed by atoms with Crippen LogP contribution in [0.5, 0.6) is 0 Å². The SMILES string of the molecule is C=N/C(=N\c1c(C)nc(Nc2c(F)cc(F)cc2Cl)n1[C@H]1CC[C@@H](C(N)=O)CC1)N[C@@H]1CCCN(C(=O)Nc2ccccc2)C1. The Morgan fingerprint density at radius 2 is 1.84 bits per heavy atom. The number of guanidine groups is 1. The Hall–Kier alpha value is -4.52. The van der Waals surface area contributed by atoms with Crippen LogP contribution in [0.15, 0.2) is 52.4 Å². The number of rotatable bonds is 7. The number of aromatic nitrogens is 2. The van der Waals surface area contributed by atoms with Crippen molar-refractivity contribution in [1.82, 2.24) is 19.8 Å². The topological polar surface area (TPSA) is 142 Å². The van der Waals surface area contributed by atoms with Gasteiger partial charge in [0.05, 0.1) is 16.4 Å². The third-order valence-corrected chi connectivity index (χ3v) is 8.49. The first-order valence-electron chi connectivity index (χ1n) is 14.9. The number of aryl methyl sites for hydroxylation is 1. The van der Waals surface area contributed by atoms with Gasteiger partial charge in [-0.1, -0.05) is 29.8 Å². The minimum atomic E-state index is -0.872. The predicted octanol–water partition coefficient (Wildman–Crippen LogP) is 6.06. The summed E-state index contributed by atoms with van der Waals surface area (Å²) >= 11 is 6.19. The lowest BCUT2D eigenvalue weighted by molar-refractivity contribution is -0.122. The van der Waals surface area contributed by atoms with Crippen LogP contribution in [-0.4, -0.2) is 58.2 Å². The smallest absolute Gasteiger partial charge is 0.321 e. The van der Waals surface area contributed by atoms with Gasteiger partial charge in [0, 0.05) is 42.8 Å². The van der Waals surface area contributed by atoms with Crippen LogP contribution in [-0.2, 0) is 4.79 Å². The van der Waals surface area contributed by atoms with E-state index in [4.69, 9.17) is 22.3 Å². The lowest BCUT2D eigenvalue weighted by atomic mass is 9.85. The van der Waals surface area contributed by atoms with Gasteiger partial charge in [0.15, 0.2) is 11.6 Å². The normalized spacial score (nSPS) is 20.4. The molecule has 0 radical (unpaired) electrons. The summed E-state index contributed by atoms with van der Waals surface area (Å²) in [6, 6.07) is 10.5. The summed E-state index contributed by atoms with van der Waals surface area (Å²) in [5.74, 6) is -1.31. The quantitative estimate of drug-likeness (QED) is 0.184. The van der Waals surface area contributed by atoms with Crippen molar-refractivity contribution in [2.75, 3.05) is 23.7 Å². The van der Waals surface area contributed by atoms with Crippen molar-refractivity contribution in [2.45, 2.75) is 57.5 Å². The molecule has 2 fully saturated rings. The van der Waals surface area contributed by atoms with Crippen molar-refractivity contribution in [3.8, 4) is 0 Å². The number of nitrogens with one attached hydrogen (secondary N) is 3. The molecule has 45 heavy (non-hydrogen) atoms. The Morgan fingerprint density at radius 3 is 2.51 bits per heavy atom. The summed E-state index contributed by atoms with van der Waals surface area (Å²) in [7, 11) is 0. The monoisotopic (exact) mass is 639 g/mol. The first-order chi connectivity index (χ1) is 21.6. The van der Waals surface area contributed by atoms with Gasteiger partial charge >= 0.3 is 6.03 Å². The maximum absolute atomic E-state index is 14.8. The second-order valence-corrected chi connectivity index (χ2v) is 11.7. The number of nitrogens with zero attached hydrogens (tertiary/aromatic N) is 5. The Morgan fingerprint density at radius 1 is 1.11 bits per heavy atom. The summed E-state index contributed by atoms with van der Waals surface area (Å²) in [4.78, 5) is 40.1. The average molecular weight is 640 g/mol. The first kappa shape index (κ1) is 31.9. The molecule has 2 heterocycles. The Labute approximate surface area is 265 Å². The van der Waals surface area contributed by atoms with E-state index in [0.717, 1.165) is 25.0 Å². The number of hydrogen-bond donors (Lipinski definition) is 4. The zero-order chi connectivity index (χ0) is 32.1. The molecule has 3 amide bonds. The third-order valence-electron chi connectivity index (χ3n) is 8.19. The summed E-state index contributed by atoms with van der Waals surface area (Å²) in [6.07, 6.45) is 3.90. The highest BCUT2D eigenvalue weighted by molar-refractivity contribution is 6.33. The van der Waals surface area contributed by atoms with Crippen LogP contribution < -0.4 is 21.7 Å². The number of primary amides is 1. The van der Waals surface area contributed by atoms with Gasteiger partial charge in [0.25, 0.3) is 0 Å². The standard InChI is InChI=1S/C31H36ClF2N9O2/c1-18-28(41-29(36-2)38-22-9-6-14-42(17-22)31(45)39-21-7-4-3-5-8-21)43(23-12-10-19(11-13-23)27(35)44)30(37-18)40-26-24(32)15-20(33)16-25(26)34/h3-5,7-8,15-16,19,22-23H,2,6,9-14,17H2,1H3,(H2,35,44)(H,37,40)(H,38,41)(H,39,45)/t19-,22-,23+/m1/s1. The number of urea groups is 1. The van der Waals surface area contributed by atoms with Gasteiger partial charge < -0.3 is 26.6 Å². The van der Waals surface area contributed by atoms with Crippen molar-refractivity contribution in [3.63, 3.8) is 0 Å².